The standard InChI is InChI=1S/C17H14BrNSe/c18-14-7-4-8-15(11-14)20-16-9-10-19-17(12-16)13-5-2-1-3-6-13/h1-11,16H,12H2/i12D. The number of halogens is 1. The van der Waals surface area contributed by atoms with E-state index in [2.05, 4.69) is 45.2 Å². The van der Waals surface area contributed by atoms with Crippen molar-refractivity contribution in [3.05, 3.63) is 76.9 Å². The van der Waals surface area contributed by atoms with Crippen molar-refractivity contribution in [3.8, 4) is 0 Å². The summed E-state index contributed by atoms with van der Waals surface area (Å²) in [5.74, 6) is 0. The molecule has 0 spiro atoms. The molecule has 2 aromatic carbocycles. The van der Waals surface area contributed by atoms with Crippen molar-refractivity contribution in [1.82, 2.24) is 0 Å². The quantitative estimate of drug-likeness (QED) is 0.702. The summed E-state index contributed by atoms with van der Waals surface area (Å²) in [6.07, 6.45) is 3.64. The first-order valence-electron chi connectivity index (χ1n) is 6.96. The van der Waals surface area contributed by atoms with E-state index in [0.29, 0.717) is 0 Å². The topological polar surface area (TPSA) is 12.4 Å². The zero-order valence-electron chi connectivity index (χ0n) is 11.7. The number of nitrogens with zero attached hydrogens (tertiary/aromatic N) is 1. The summed E-state index contributed by atoms with van der Waals surface area (Å²) < 4.78 is 10.9. The van der Waals surface area contributed by atoms with Crippen LogP contribution in [-0.4, -0.2) is 20.7 Å². The molecular weight excluding hydrogens is 377 g/mol. The number of hydrogen-bond acceptors (Lipinski definition) is 1. The van der Waals surface area contributed by atoms with Gasteiger partial charge in [0, 0.05) is 0 Å². The van der Waals surface area contributed by atoms with Gasteiger partial charge in [0.2, 0.25) is 0 Å². The molecule has 2 atom stereocenters. The molecule has 2 unspecified atom stereocenters. The summed E-state index contributed by atoms with van der Waals surface area (Å²) in [7, 11) is 0. The molecule has 0 fully saturated rings. The Labute approximate surface area is 135 Å². The van der Waals surface area contributed by atoms with Gasteiger partial charge in [-0.1, -0.05) is 0 Å². The molecule has 3 rings (SSSR count). The van der Waals surface area contributed by atoms with E-state index in [1.54, 1.807) is 0 Å². The van der Waals surface area contributed by atoms with Crippen LogP contribution in [0.15, 0.2) is 76.3 Å². The predicted octanol–water partition coefficient (Wildman–Crippen LogP) is 3.97. The van der Waals surface area contributed by atoms with Crippen LogP contribution in [0.4, 0.5) is 0 Å². The van der Waals surface area contributed by atoms with Gasteiger partial charge in [0.1, 0.15) is 0 Å². The summed E-state index contributed by atoms with van der Waals surface area (Å²) in [6, 6.07) is 18.4. The third-order valence-electron chi connectivity index (χ3n) is 2.95. The van der Waals surface area contributed by atoms with Gasteiger partial charge in [-0.3, -0.25) is 0 Å². The normalized spacial score (nSPS) is 22.2. The Hall–Kier alpha value is -1.15. The fraction of sp³-hybridized carbons (Fsp3) is 0.118. The second kappa shape index (κ2) is 6.53. The van der Waals surface area contributed by atoms with Gasteiger partial charge in [0.25, 0.3) is 0 Å². The summed E-state index contributed by atoms with van der Waals surface area (Å²) in [4.78, 5) is 4.66. The van der Waals surface area contributed by atoms with Crippen LogP contribution in [0.25, 0.3) is 0 Å². The molecule has 0 aromatic heterocycles. The van der Waals surface area contributed by atoms with Crippen molar-refractivity contribution >= 4 is 41.1 Å². The minimum atomic E-state index is -0.295. The number of hydrogen-bond donors (Lipinski definition) is 0. The van der Waals surface area contributed by atoms with E-state index in [1.165, 1.54) is 4.46 Å². The van der Waals surface area contributed by atoms with Gasteiger partial charge in [-0.2, -0.15) is 0 Å². The number of benzene rings is 2. The van der Waals surface area contributed by atoms with E-state index in [0.717, 1.165) is 15.7 Å². The van der Waals surface area contributed by atoms with Crippen LogP contribution in [0.1, 0.15) is 13.3 Å². The van der Waals surface area contributed by atoms with Crippen LogP contribution in [0.2, 0.25) is 4.82 Å². The monoisotopic (exact) mass is 392 g/mol. The Morgan fingerprint density at radius 2 is 2.00 bits per heavy atom. The first-order chi connectivity index (χ1) is 10.2. The average molecular weight is 392 g/mol. The Morgan fingerprint density at radius 3 is 2.80 bits per heavy atom. The molecule has 2 aromatic rings. The van der Waals surface area contributed by atoms with Crippen molar-refractivity contribution in [2.45, 2.75) is 11.2 Å². The van der Waals surface area contributed by atoms with Crippen molar-refractivity contribution in [2.24, 2.45) is 4.99 Å². The second-order valence-corrected chi connectivity index (χ2v) is 7.97. The number of rotatable bonds is 3. The van der Waals surface area contributed by atoms with Gasteiger partial charge in [-0.05, 0) is 0 Å². The minimum absolute atomic E-state index is 0.222. The predicted molar refractivity (Wildman–Crippen MR) is 90.0 cm³/mol. The molecule has 0 saturated heterocycles. The third kappa shape index (κ3) is 3.49. The Balaban J connectivity index is 1.80. The fourth-order valence-corrected chi connectivity index (χ4v) is 4.88. The first-order valence-corrected chi connectivity index (χ1v) is 9.02. The molecule has 1 nitrogen and oxygen atoms in total. The molecular formula is C17H14BrNSe. The Kier molecular flexibility index (Phi) is 4.11. The van der Waals surface area contributed by atoms with E-state index < -0.39 is 0 Å². The molecule has 0 aliphatic carbocycles. The molecule has 0 bridgehead atoms. The number of allylic oxidation sites excluding steroid dienone is 1. The van der Waals surface area contributed by atoms with E-state index >= 15 is 0 Å². The molecule has 1 heterocycles. The molecule has 100 valence electrons. The zero-order valence-corrected chi connectivity index (χ0v) is 14.0. The van der Waals surface area contributed by atoms with E-state index in [1.807, 2.05) is 42.6 Å². The van der Waals surface area contributed by atoms with Crippen molar-refractivity contribution in [3.63, 3.8) is 0 Å². The van der Waals surface area contributed by atoms with Gasteiger partial charge in [-0.15, -0.1) is 0 Å². The van der Waals surface area contributed by atoms with Gasteiger partial charge in [-0.25, -0.2) is 0 Å². The molecule has 3 heteroatoms. The SMILES string of the molecule is [2H]C1C(c2ccccc2)=NC=CC1[Se]c1cccc(Br)c1. The number of aliphatic imine (C=N–C) groups is 1. The average Bonchev–Trinajstić information content (AvgIpc) is 2.50. The van der Waals surface area contributed by atoms with Crippen LogP contribution < -0.4 is 4.46 Å². The van der Waals surface area contributed by atoms with Crippen LogP contribution in [0.5, 0.6) is 0 Å². The van der Waals surface area contributed by atoms with Gasteiger partial charge >= 0.3 is 136 Å². The molecule has 0 N–H and O–H groups in total. The molecule has 20 heavy (non-hydrogen) atoms. The molecule has 1 aliphatic heterocycles. The van der Waals surface area contributed by atoms with Crippen molar-refractivity contribution in [2.75, 3.05) is 0 Å². The molecule has 0 amide bonds. The van der Waals surface area contributed by atoms with Gasteiger partial charge < -0.3 is 0 Å². The third-order valence-corrected chi connectivity index (χ3v) is 5.73. The van der Waals surface area contributed by atoms with E-state index in [4.69, 9.17) is 1.37 Å². The summed E-state index contributed by atoms with van der Waals surface area (Å²) >= 11 is 3.74. The van der Waals surface area contributed by atoms with Gasteiger partial charge in [0.15, 0.2) is 0 Å². The van der Waals surface area contributed by atoms with Crippen LogP contribution >= 0.6 is 15.9 Å². The Bertz CT molecular complexity index is 684. The second-order valence-electron chi connectivity index (χ2n) is 4.43. The Morgan fingerprint density at radius 1 is 1.15 bits per heavy atom. The van der Waals surface area contributed by atoms with Gasteiger partial charge in [0.05, 0.1) is 0 Å². The van der Waals surface area contributed by atoms with E-state index in [-0.39, 0.29) is 26.2 Å². The van der Waals surface area contributed by atoms with E-state index in [9.17, 15) is 0 Å². The van der Waals surface area contributed by atoms with Crippen molar-refractivity contribution in [1.29, 1.82) is 0 Å². The van der Waals surface area contributed by atoms with Crippen LogP contribution in [0, 0.1) is 0 Å². The maximum atomic E-state index is 8.55. The summed E-state index contributed by atoms with van der Waals surface area (Å²) in [5.41, 5.74) is 1.93. The first kappa shape index (κ1) is 12.6. The van der Waals surface area contributed by atoms with Crippen molar-refractivity contribution < 1.29 is 1.37 Å². The van der Waals surface area contributed by atoms with Crippen LogP contribution in [-0.2, 0) is 0 Å². The molecule has 0 saturated carbocycles. The van der Waals surface area contributed by atoms with Crippen LogP contribution in [0.3, 0.4) is 0 Å². The zero-order chi connectivity index (χ0) is 14.7. The molecule has 0 radical (unpaired) electrons. The maximum absolute atomic E-state index is 8.55. The fourth-order valence-electron chi connectivity index (χ4n) is 2.01. The summed E-state index contributed by atoms with van der Waals surface area (Å²) in [6.45, 7) is 0. The molecule has 1 aliphatic rings. The summed E-state index contributed by atoms with van der Waals surface area (Å²) in [5, 5.41) is 0.